The highest BCUT2D eigenvalue weighted by molar-refractivity contribution is 5.87. The Kier molecular flexibility index (Phi) is 6.00. The molecule has 3 aromatic rings. The van der Waals surface area contributed by atoms with Crippen LogP contribution in [0.1, 0.15) is 49.1 Å². The smallest absolute Gasteiger partial charge is 0.357 e. The lowest BCUT2D eigenvalue weighted by Gasteiger charge is -2.19. The number of esters is 1. The van der Waals surface area contributed by atoms with E-state index in [0.29, 0.717) is 23.9 Å². The summed E-state index contributed by atoms with van der Waals surface area (Å²) in [6.07, 6.45) is 7.89. The van der Waals surface area contributed by atoms with Gasteiger partial charge < -0.3 is 19.4 Å². The van der Waals surface area contributed by atoms with Crippen LogP contribution in [0.5, 0.6) is 5.75 Å². The second-order valence-corrected chi connectivity index (χ2v) is 8.59. The predicted octanol–water partition coefficient (Wildman–Crippen LogP) is 5.49. The Morgan fingerprint density at radius 2 is 1.94 bits per heavy atom. The second-order valence-electron chi connectivity index (χ2n) is 8.59. The van der Waals surface area contributed by atoms with E-state index in [9.17, 15) is 9.18 Å². The van der Waals surface area contributed by atoms with E-state index in [-0.39, 0.29) is 11.5 Å². The van der Waals surface area contributed by atoms with E-state index in [0.717, 1.165) is 17.1 Å². The van der Waals surface area contributed by atoms with Crippen LogP contribution < -0.4 is 10.1 Å². The SMILES string of the molecule is Cn1c(Nc2ccc(F)cc2)nc2c1C=CCC(Oc1ccnc(C(=O)OC(C)(C)C)c1)=C2. The van der Waals surface area contributed by atoms with Crippen LogP contribution in [0.25, 0.3) is 12.2 Å². The summed E-state index contributed by atoms with van der Waals surface area (Å²) in [5.41, 5.74) is 1.93. The summed E-state index contributed by atoms with van der Waals surface area (Å²) in [5, 5.41) is 3.20. The van der Waals surface area contributed by atoms with Gasteiger partial charge in [-0.3, -0.25) is 0 Å². The molecule has 0 fully saturated rings. The lowest BCUT2D eigenvalue weighted by atomic mass is 10.2. The van der Waals surface area contributed by atoms with Gasteiger partial charge in [-0.25, -0.2) is 19.2 Å². The van der Waals surface area contributed by atoms with Gasteiger partial charge in [-0.05, 0) is 57.2 Å². The molecule has 0 spiro atoms. The van der Waals surface area contributed by atoms with E-state index in [1.54, 1.807) is 45.0 Å². The van der Waals surface area contributed by atoms with Crippen LogP contribution in [0.4, 0.5) is 16.0 Å². The molecule has 1 aromatic carbocycles. The van der Waals surface area contributed by atoms with Gasteiger partial charge in [0, 0.05) is 37.5 Å². The maximum atomic E-state index is 13.2. The van der Waals surface area contributed by atoms with Crippen molar-refractivity contribution >= 4 is 29.8 Å². The number of halogens is 1. The number of carbonyl (C=O) groups excluding carboxylic acids is 1. The third kappa shape index (κ3) is 5.46. The molecule has 2 aromatic heterocycles. The number of anilines is 2. The lowest BCUT2D eigenvalue weighted by molar-refractivity contribution is 0.00624. The number of nitrogens with zero attached hydrogens (tertiary/aromatic N) is 3. The number of ether oxygens (including phenoxy) is 2. The van der Waals surface area contributed by atoms with Gasteiger partial charge in [-0.2, -0.15) is 0 Å². The van der Waals surface area contributed by atoms with E-state index in [2.05, 4.69) is 15.3 Å². The molecule has 2 heterocycles. The van der Waals surface area contributed by atoms with Crippen molar-refractivity contribution in [1.29, 1.82) is 0 Å². The van der Waals surface area contributed by atoms with Crippen molar-refractivity contribution in [3.05, 3.63) is 77.3 Å². The highest BCUT2D eigenvalue weighted by atomic mass is 19.1. The maximum absolute atomic E-state index is 13.2. The maximum Gasteiger partial charge on any atom is 0.357 e. The molecule has 0 amide bonds. The molecule has 1 aliphatic rings. The molecule has 4 rings (SSSR count). The number of rotatable bonds is 5. The molecule has 8 heteroatoms. The summed E-state index contributed by atoms with van der Waals surface area (Å²) >= 11 is 0. The number of fused-ring (bicyclic) bond motifs is 1. The van der Waals surface area contributed by atoms with Crippen LogP contribution in [0.2, 0.25) is 0 Å². The van der Waals surface area contributed by atoms with Crippen LogP contribution in [0.15, 0.2) is 54.4 Å². The van der Waals surface area contributed by atoms with E-state index in [1.165, 1.54) is 18.3 Å². The molecule has 0 saturated heterocycles. The van der Waals surface area contributed by atoms with Crippen molar-refractivity contribution in [3.63, 3.8) is 0 Å². The van der Waals surface area contributed by atoms with Gasteiger partial charge in [0.1, 0.15) is 22.9 Å². The number of allylic oxidation sites excluding steroid dienone is 1. The number of nitrogens with one attached hydrogen (secondary N) is 1. The highest BCUT2D eigenvalue weighted by Gasteiger charge is 2.20. The normalized spacial score (nSPS) is 13.1. The third-order valence-corrected chi connectivity index (χ3v) is 4.75. The van der Waals surface area contributed by atoms with Crippen molar-refractivity contribution in [3.8, 4) is 5.75 Å². The Balaban J connectivity index is 1.55. The monoisotopic (exact) mass is 448 g/mol. The number of imidazole rings is 1. The molecule has 170 valence electrons. The lowest BCUT2D eigenvalue weighted by Crippen LogP contribution is -2.24. The minimum absolute atomic E-state index is 0.177. The zero-order chi connectivity index (χ0) is 23.6. The van der Waals surface area contributed by atoms with E-state index < -0.39 is 11.6 Å². The van der Waals surface area contributed by atoms with Gasteiger partial charge in [0.05, 0.1) is 11.4 Å². The molecule has 0 unspecified atom stereocenters. The molecular weight excluding hydrogens is 423 g/mol. The first-order chi connectivity index (χ1) is 15.7. The summed E-state index contributed by atoms with van der Waals surface area (Å²) < 4.78 is 26.5. The second kappa shape index (κ2) is 8.90. The molecule has 0 bridgehead atoms. The Morgan fingerprint density at radius 1 is 1.18 bits per heavy atom. The molecule has 0 radical (unpaired) electrons. The number of benzene rings is 1. The fourth-order valence-electron chi connectivity index (χ4n) is 3.25. The number of hydrogen-bond donors (Lipinski definition) is 1. The predicted molar refractivity (Wildman–Crippen MR) is 125 cm³/mol. The van der Waals surface area contributed by atoms with Crippen molar-refractivity contribution in [2.24, 2.45) is 7.05 Å². The molecule has 0 saturated carbocycles. The van der Waals surface area contributed by atoms with Crippen molar-refractivity contribution < 1.29 is 18.7 Å². The highest BCUT2D eigenvalue weighted by Crippen LogP contribution is 2.27. The standard InChI is InChI=1S/C25H25FN4O3/c1-25(2,3)33-23(31)21-15-19(12-13-27-21)32-18-6-5-7-22-20(14-18)29-24(30(22)4)28-17-10-8-16(26)9-11-17/h5,7-15H,6H2,1-4H3,(H,28,29). The summed E-state index contributed by atoms with van der Waals surface area (Å²) in [5.74, 6) is 0.957. The molecule has 0 aliphatic heterocycles. The average Bonchev–Trinajstić information content (AvgIpc) is 2.91. The van der Waals surface area contributed by atoms with E-state index in [1.807, 2.05) is 29.8 Å². The molecule has 0 atom stereocenters. The van der Waals surface area contributed by atoms with Crippen molar-refractivity contribution in [1.82, 2.24) is 14.5 Å². The fraction of sp³-hybridized carbons (Fsp3) is 0.240. The molecule has 33 heavy (non-hydrogen) atoms. The number of aromatic nitrogens is 3. The first kappa shape index (κ1) is 22.3. The minimum Gasteiger partial charge on any atom is -0.461 e. The Labute approximate surface area is 191 Å². The molecule has 7 nitrogen and oxygen atoms in total. The topological polar surface area (TPSA) is 78.3 Å². The van der Waals surface area contributed by atoms with Gasteiger partial charge in [0.2, 0.25) is 5.95 Å². The van der Waals surface area contributed by atoms with E-state index >= 15 is 0 Å². The van der Waals surface area contributed by atoms with E-state index in [4.69, 9.17) is 9.47 Å². The van der Waals surface area contributed by atoms with Crippen molar-refractivity contribution in [2.45, 2.75) is 32.8 Å². The Hall–Kier alpha value is -3.94. The summed E-state index contributed by atoms with van der Waals surface area (Å²) in [4.78, 5) is 21.1. The summed E-state index contributed by atoms with van der Waals surface area (Å²) in [7, 11) is 1.90. The van der Waals surface area contributed by atoms with Gasteiger partial charge in [0.15, 0.2) is 5.69 Å². The first-order valence-electron chi connectivity index (χ1n) is 10.5. The van der Waals surface area contributed by atoms with Gasteiger partial charge in [-0.15, -0.1) is 0 Å². The van der Waals surface area contributed by atoms with Gasteiger partial charge >= 0.3 is 5.97 Å². The minimum atomic E-state index is -0.612. The number of hydrogen-bond acceptors (Lipinski definition) is 6. The number of carbonyl (C=O) groups is 1. The Bertz CT molecular complexity index is 1240. The van der Waals surface area contributed by atoms with Crippen LogP contribution in [-0.2, 0) is 11.8 Å². The summed E-state index contributed by atoms with van der Waals surface area (Å²) in [6.45, 7) is 5.41. The molecule has 1 N–H and O–H groups in total. The van der Waals surface area contributed by atoms with Crippen molar-refractivity contribution in [2.75, 3.05) is 5.32 Å². The largest absolute Gasteiger partial charge is 0.461 e. The Morgan fingerprint density at radius 3 is 2.67 bits per heavy atom. The zero-order valence-electron chi connectivity index (χ0n) is 18.9. The summed E-state index contributed by atoms with van der Waals surface area (Å²) in [6, 6.07) is 9.33. The van der Waals surface area contributed by atoms with Crippen LogP contribution in [0.3, 0.4) is 0 Å². The van der Waals surface area contributed by atoms with Crippen LogP contribution >= 0.6 is 0 Å². The molecule has 1 aliphatic carbocycles. The number of pyridine rings is 1. The van der Waals surface area contributed by atoms with Crippen LogP contribution in [-0.4, -0.2) is 26.1 Å². The molecular formula is C25H25FN4O3. The zero-order valence-corrected chi connectivity index (χ0v) is 18.9. The van der Waals surface area contributed by atoms with Gasteiger partial charge in [0.25, 0.3) is 0 Å². The quantitative estimate of drug-likeness (QED) is 0.520. The third-order valence-electron chi connectivity index (χ3n) is 4.75. The fourth-order valence-corrected chi connectivity index (χ4v) is 3.25. The van der Waals surface area contributed by atoms with Gasteiger partial charge in [-0.1, -0.05) is 6.08 Å². The van der Waals surface area contributed by atoms with Crippen LogP contribution in [0, 0.1) is 5.82 Å². The first-order valence-corrected chi connectivity index (χ1v) is 10.5. The average molecular weight is 448 g/mol.